The third-order valence-electron chi connectivity index (χ3n) is 3.29. The summed E-state index contributed by atoms with van der Waals surface area (Å²) in [6.07, 6.45) is -1.37. The van der Waals surface area contributed by atoms with Gasteiger partial charge in [0.05, 0.1) is 0 Å². The second-order valence-corrected chi connectivity index (χ2v) is 5.21. The lowest BCUT2D eigenvalue weighted by atomic mass is 10.3. The highest BCUT2D eigenvalue weighted by Gasteiger charge is 2.13. The molecule has 6 heteroatoms. The van der Waals surface area contributed by atoms with Gasteiger partial charge in [0.25, 0.3) is 0 Å². The van der Waals surface area contributed by atoms with Crippen LogP contribution in [0.15, 0.2) is 84.9 Å². The molecule has 0 aliphatic carbocycles. The van der Waals surface area contributed by atoms with E-state index in [4.69, 9.17) is 9.47 Å². The molecule has 2 N–H and O–H groups in total. The van der Waals surface area contributed by atoms with Crippen LogP contribution in [0.5, 0.6) is 11.5 Å². The van der Waals surface area contributed by atoms with Gasteiger partial charge < -0.3 is 9.47 Å². The van der Waals surface area contributed by atoms with Gasteiger partial charge in [-0.3, -0.25) is 10.6 Å². The van der Waals surface area contributed by atoms with Gasteiger partial charge >= 0.3 is 12.2 Å². The number of carbonyl (C=O) groups is 2. The van der Waals surface area contributed by atoms with E-state index in [9.17, 15) is 9.59 Å². The molecule has 0 fully saturated rings. The molecule has 26 heavy (non-hydrogen) atoms. The summed E-state index contributed by atoms with van der Waals surface area (Å²) < 4.78 is 10.5. The first kappa shape index (κ1) is 17.0. The predicted molar refractivity (Wildman–Crippen MR) is 98.6 cm³/mol. The normalized spacial score (nSPS) is 9.85. The van der Waals surface area contributed by atoms with E-state index in [1.807, 2.05) is 12.1 Å². The maximum atomic E-state index is 12.0. The summed E-state index contributed by atoms with van der Waals surface area (Å²) in [5, 5.41) is 5.19. The molecule has 0 saturated carbocycles. The Morgan fingerprint density at radius 3 is 1.27 bits per heavy atom. The fourth-order valence-corrected chi connectivity index (χ4v) is 2.15. The first-order valence-corrected chi connectivity index (χ1v) is 7.87. The van der Waals surface area contributed by atoms with Crippen LogP contribution in [0.25, 0.3) is 0 Å². The lowest BCUT2D eigenvalue weighted by Crippen LogP contribution is -2.19. The van der Waals surface area contributed by atoms with Gasteiger partial charge in [-0.05, 0) is 36.4 Å². The number of hydrogen-bond donors (Lipinski definition) is 2. The number of anilines is 2. The Balaban J connectivity index is 1.64. The molecule has 0 radical (unpaired) electrons. The summed E-state index contributed by atoms with van der Waals surface area (Å²) in [5.74, 6) is 0.258. The van der Waals surface area contributed by atoms with Crippen molar-refractivity contribution in [3.8, 4) is 11.5 Å². The second-order valence-electron chi connectivity index (χ2n) is 5.21. The Bertz CT molecular complexity index is 808. The van der Waals surface area contributed by atoms with Crippen molar-refractivity contribution in [3.63, 3.8) is 0 Å². The van der Waals surface area contributed by atoms with Crippen LogP contribution in [0.3, 0.4) is 0 Å². The largest absolute Gasteiger partial charge is 0.417 e. The maximum Gasteiger partial charge on any atom is 0.417 e. The second kappa shape index (κ2) is 8.34. The lowest BCUT2D eigenvalue weighted by molar-refractivity contribution is 0.205. The lowest BCUT2D eigenvalue weighted by Gasteiger charge is -2.11. The van der Waals surface area contributed by atoms with Crippen molar-refractivity contribution in [2.75, 3.05) is 10.6 Å². The number of hydrogen-bond acceptors (Lipinski definition) is 4. The van der Waals surface area contributed by atoms with E-state index in [0.29, 0.717) is 11.4 Å². The summed E-state index contributed by atoms with van der Waals surface area (Å²) in [5.41, 5.74) is 1.19. The third kappa shape index (κ3) is 4.85. The predicted octanol–water partition coefficient (Wildman–Crippen LogP) is 4.91. The number of benzene rings is 3. The summed E-state index contributed by atoms with van der Waals surface area (Å²) in [4.78, 5) is 24.0. The molecule has 0 bridgehead atoms. The molecule has 6 nitrogen and oxygen atoms in total. The molecular formula is C20H16N2O4. The first-order valence-electron chi connectivity index (χ1n) is 7.87. The van der Waals surface area contributed by atoms with E-state index in [0.717, 1.165) is 0 Å². The van der Waals surface area contributed by atoms with E-state index < -0.39 is 12.2 Å². The molecule has 0 unspecified atom stereocenters. The zero-order chi connectivity index (χ0) is 18.2. The van der Waals surface area contributed by atoms with Crippen molar-refractivity contribution < 1.29 is 19.1 Å². The van der Waals surface area contributed by atoms with Crippen molar-refractivity contribution >= 4 is 23.6 Å². The Morgan fingerprint density at radius 2 is 0.885 bits per heavy atom. The highest BCUT2D eigenvalue weighted by atomic mass is 16.6. The van der Waals surface area contributed by atoms with Crippen molar-refractivity contribution in [2.45, 2.75) is 0 Å². The quantitative estimate of drug-likeness (QED) is 0.702. The van der Waals surface area contributed by atoms with Crippen LogP contribution in [-0.2, 0) is 0 Å². The molecule has 0 heterocycles. The van der Waals surface area contributed by atoms with E-state index in [-0.39, 0.29) is 11.5 Å². The topological polar surface area (TPSA) is 76.7 Å². The minimum Gasteiger partial charge on any atom is -0.406 e. The summed E-state index contributed by atoms with van der Waals surface area (Å²) >= 11 is 0. The van der Waals surface area contributed by atoms with Gasteiger partial charge in [0.15, 0.2) is 11.5 Å². The van der Waals surface area contributed by atoms with Crippen LogP contribution in [0.2, 0.25) is 0 Å². The van der Waals surface area contributed by atoms with Gasteiger partial charge in [-0.1, -0.05) is 48.5 Å². The Morgan fingerprint density at radius 1 is 0.538 bits per heavy atom. The number of para-hydroxylation sites is 4. The molecule has 0 atom stereocenters. The van der Waals surface area contributed by atoms with Crippen LogP contribution >= 0.6 is 0 Å². The van der Waals surface area contributed by atoms with Gasteiger partial charge in [-0.15, -0.1) is 0 Å². The minimum absolute atomic E-state index is 0.129. The van der Waals surface area contributed by atoms with Gasteiger partial charge in [0.2, 0.25) is 0 Å². The number of ether oxygens (including phenoxy) is 2. The maximum absolute atomic E-state index is 12.0. The van der Waals surface area contributed by atoms with Crippen LogP contribution in [-0.4, -0.2) is 12.2 Å². The molecule has 3 aromatic carbocycles. The van der Waals surface area contributed by atoms with Crippen molar-refractivity contribution in [1.82, 2.24) is 0 Å². The highest BCUT2D eigenvalue weighted by Crippen LogP contribution is 2.27. The number of amides is 2. The van der Waals surface area contributed by atoms with Gasteiger partial charge in [-0.2, -0.15) is 0 Å². The molecule has 2 amide bonds. The fraction of sp³-hybridized carbons (Fsp3) is 0. The number of carbonyl (C=O) groups excluding carboxylic acids is 2. The minimum atomic E-state index is -0.685. The van der Waals surface area contributed by atoms with Crippen LogP contribution in [0.1, 0.15) is 0 Å². The van der Waals surface area contributed by atoms with Gasteiger partial charge in [-0.25, -0.2) is 9.59 Å². The smallest absolute Gasteiger partial charge is 0.406 e. The van der Waals surface area contributed by atoms with E-state index >= 15 is 0 Å². The molecule has 0 spiro atoms. The van der Waals surface area contributed by atoms with Crippen molar-refractivity contribution in [1.29, 1.82) is 0 Å². The van der Waals surface area contributed by atoms with Crippen molar-refractivity contribution in [3.05, 3.63) is 84.9 Å². The number of nitrogens with one attached hydrogen (secondary N) is 2. The summed E-state index contributed by atoms with van der Waals surface area (Å²) in [6, 6.07) is 24.2. The molecule has 3 aromatic rings. The molecule has 0 aliphatic rings. The first-order chi connectivity index (χ1) is 12.7. The molecule has 0 aromatic heterocycles. The molecular weight excluding hydrogens is 332 g/mol. The van der Waals surface area contributed by atoms with Gasteiger partial charge in [0.1, 0.15) is 0 Å². The Hall–Kier alpha value is -3.80. The molecule has 130 valence electrons. The van der Waals surface area contributed by atoms with Crippen molar-refractivity contribution in [2.24, 2.45) is 0 Å². The third-order valence-corrected chi connectivity index (χ3v) is 3.29. The average Bonchev–Trinajstić information content (AvgIpc) is 2.65. The molecule has 3 rings (SSSR count). The van der Waals surface area contributed by atoms with E-state index in [1.165, 1.54) is 12.1 Å². The van der Waals surface area contributed by atoms with Crippen LogP contribution in [0, 0.1) is 0 Å². The standard InChI is InChI=1S/C20H16N2O4/c23-19(21-15-9-3-1-4-10-15)25-17-13-7-8-14-18(17)26-20(24)22-16-11-5-2-6-12-16/h1-14H,(H,21,23)(H,22,24). The molecule has 0 saturated heterocycles. The highest BCUT2D eigenvalue weighted by molar-refractivity contribution is 5.88. The monoisotopic (exact) mass is 348 g/mol. The molecule has 0 aliphatic heterocycles. The fourth-order valence-electron chi connectivity index (χ4n) is 2.15. The summed E-state index contributed by atoms with van der Waals surface area (Å²) in [6.45, 7) is 0. The van der Waals surface area contributed by atoms with E-state index in [2.05, 4.69) is 10.6 Å². The average molecular weight is 348 g/mol. The summed E-state index contributed by atoms with van der Waals surface area (Å²) in [7, 11) is 0. The SMILES string of the molecule is O=C(Nc1ccccc1)Oc1ccccc1OC(=O)Nc1ccccc1. The van der Waals surface area contributed by atoms with Crippen LogP contribution < -0.4 is 20.1 Å². The Labute approximate surface area is 150 Å². The van der Waals surface area contributed by atoms with Gasteiger partial charge in [0, 0.05) is 11.4 Å². The zero-order valence-electron chi connectivity index (χ0n) is 13.7. The van der Waals surface area contributed by atoms with E-state index in [1.54, 1.807) is 60.7 Å². The zero-order valence-corrected chi connectivity index (χ0v) is 13.7. The number of rotatable bonds is 4. The van der Waals surface area contributed by atoms with Crippen LogP contribution in [0.4, 0.5) is 21.0 Å². The Kier molecular flexibility index (Phi) is 5.47.